The van der Waals surface area contributed by atoms with Gasteiger partial charge in [0.2, 0.25) is 5.89 Å². The predicted octanol–water partition coefficient (Wildman–Crippen LogP) is 4.82. The number of hydrogen-bond acceptors (Lipinski definition) is 5. The number of rotatable bonds is 5. The number of ether oxygens (including phenoxy) is 1. The van der Waals surface area contributed by atoms with Crippen molar-refractivity contribution in [3.05, 3.63) is 40.0 Å². The molecule has 1 atom stereocenters. The third kappa shape index (κ3) is 4.55. The number of aromatic nitrogens is 2. The van der Waals surface area contributed by atoms with Crippen LogP contribution in [0.4, 0.5) is 0 Å². The van der Waals surface area contributed by atoms with Crippen LogP contribution in [0.3, 0.4) is 0 Å². The zero-order valence-corrected chi connectivity index (χ0v) is 16.9. The second-order valence-electron chi connectivity index (χ2n) is 6.93. The zero-order chi connectivity index (χ0) is 19.4. The average molecular weight is 412 g/mol. The van der Waals surface area contributed by atoms with Crippen molar-refractivity contribution in [3.63, 3.8) is 0 Å². The van der Waals surface area contributed by atoms with E-state index in [9.17, 15) is 4.79 Å². The van der Waals surface area contributed by atoms with Gasteiger partial charge in [-0.15, -0.1) is 0 Å². The number of halogens is 2. The van der Waals surface area contributed by atoms with E-state index < -0.39 is 11.6 Å². The number of carbonyl (C=O) groups is 1. The van der Waals surface area contributed by atoms with Crippen molar-refractivity contribution < 1.29 is 14.1 Å². The second-order valence-corrected chi connectivity index (χ2v) is 7.72. The lowest BCUT2D eigenvalue weighted by atomic mass is 9.89. The van der Waals surface area contributed by atoms with Crippen LogP contribution >= 0.6 is 23.2 Å². The van der Waals surface area contributed by atoms with E-state index >= 15 is 0 Å². The van der Waals surface area contributed by atoms with Crippen LogP contribution in [0.2, 0.25) is 10.0 Å². The number of aryl methyl sites for hydroxylation is 1. The summed E-state index contributed by atoms with van der Waals surface area (Å²) in [5.41, 5.74) is -0.638. The summed E-state index contributed by atoms with van der Waals surface area (Å²) in [6, 6.07) is 5.07. The highest BCUT2D eigenvalue weighted by Gasteiger charge is 2.40. The van der Waals surface area contributed by atoms with Gasteiger partial charge in [-0.05, 0) is 31.9 Å². The Bertz CT molecular complexity index is 801. The Kier molecular flexibility index (Phi) is 6.27. The normalized spacial score (nSPS) is 17.8. The number of amides is 1. The van der Waals surface area contributed by atoms with Crippen LogP contribution in [-0.2, 0) is 10.3 Å². The molecule has 6 nitrogen and oxygen atoms in total. The third-order valence-electron chi connectivity index (χ3n) is 4.86. The van der Waals surface area contributed by atoms with Crippen LogP contribution in [0, 0.1) is 6.92 Å². The number of nitrogens with one attached hydrogen (secondary N) is 1. The SMILES string of the molecule is Cc1nc(C2(NC(=O)C(C)Oc3cccc(Cl)c3Cl)CCCCCC2)no1. The van der Waals surface area contributed by atoms with E-state index in [1.807, 2.05) is 0 Å². The highest BCUT2D eigenvalue weighted by Crippen LogP contribution is 2.35. The van der Waals surface area contributed by atoms with Gasteiger partial charge in [-0.3, -0.25) is 4.79 Å². The summed E-state index contributed by atoms with van der Waals surface area (Å²) in [4.78, 5) is 17.3. The molecular weight excluding hydrogens is 389 g/mol. The Morgan fingerprint density at radius 3 is 2.59 bits per heavy atom. The smallest absolute Gasteiger partial charge is 0.261 e. The first kappa shape index (κ1) is 20.0. The fourth-order valence-electron chi connectivity index (χ4n) is 3.39. The standard InChI is InChI=1S/C19H23Cl2N3O3/c1-12(26-15-9-7-8-14(20)16(15)21)17(25)23-19(10-5-3-4-6-11-19)18-22-13(2)27-24-18/h7-9,12H,3-6,10-11H2,1-2H3,(H,23,25). The number of carbonyl (C=O) groups excluding carboxylic acids is 1. The van der Waals surface area contributed by atoms with E-state index in [1.54, 1.807) is 32.0 Å². The van der Waals surface area contributed by atoms with Crippen molar-refractivity contribution in [2.75, 3.05) is 0 Å². The molecule has 1 aliphatic rings. The van der Waals surface area contributed by atoms with Gasteiger partial charge in [0, 0.05) is 6.92 Å². The molecule has 1 unspecified atom stereocenters. The van der Waals surface area contributed by atoms with Crippen molar-refractivity contribution in [2.45, 2.75) is 64.0 Å². The van der Waals surface area contributed by atoms with E-state index in [4.69, 9.17) is 32.5 Å². The van der Waals surface area contributed by atoms with Gasteiger partial charge in [-0.1, -0.05) is 60.1 Å². The molecule has 1 saturated carbocycles. The third-order valence-corrected chi connectivity index (χ3v) is 5.67. The van der Waals surface area contributed by atoms with E-state index in [2.05, 4.69) is 15.5 Å². The summed E-state index contributed by atoms with van der Waals surface area (Å²) in [7, 11) is 0. The van der Waals surface area contributed by atoms with Gasteiger partial charge in [-0.25, -0.2) is 0 Å². The molecule has 1 aromatic heterocycles. The molecule has 3 rings (SSSR count). The molecule has 146 valence electrons. The summed E-state index contributed by atoms with van der Waals surface area (Å²) >= 11 is 12.2. The first-order valence-corrected chi connectivity index (χ1v) is 9.90. The molecule has 2 aromatic rings. The molecule has 8 heteroatoms. The Balaban J connectivity index is 1.78. The zero-order valence-electron chi connectivity index (χ0n) is 15.4. The van der Waals surface area contributed by atoms with Gasteiger partial charge in [0.1, 0.15) is 16.3 Å². The molecule has 0 spiro atoms. The fraction of sp³-hybridized carbons (Fsp3) is 0.526. The summed E-state index contributed by atoms with van der Waals surface area (Å²) in [5.74, 6) is 1.13. The van der Waals surface area contributed by atoms with Gasteiger partial charge < -0.3 is 14.6 Å². The monoisotopic (exact) mass is 411 g/mol. The molecule has 0 radical (unpaired) electrons. The molecule has 1 amide bonds. The molecular formula is C19H23Cl2N3O3. The van der Waals surface area contributed by atoms with E-state index in [-0.39, 0.29) is 10.9 Å². The maximum Gasteiger partial charge on any atom is 0.261 e. The topological polar surface area (TPSA) is 77.2 Å². The van der Waals surface area contributed by atoms with Gasteiger partial charge in [0.15, 0.2) is 11.9 Å². The molecule has 27 heavy (non-hydrogen) atoms. The lowest BCUT2D eigenvalue weighted by Crippen LogP contribution is -2.50. The van der Waals surface area contributed by atoms with Crippen LogP contribution in [0.25, 0.3) is 0 Å². The lowest BCUT2D eigenvalue weighted by Gasteiger charge is -2.32. The molecule has 0 saturated heterocycles. The number of nitrogens with zero attached hydrogens (tertiary/aromatic N) is 2. The Hall–Kier alpha value is -1.79. The summed E-state index contributed by atoms with van der Waals surface area (Å²) in [5, 5.41) is 7.89. The molecule has 1 N–H and O–H groups in total. The minimum atomic E-state index is -0.755. The van der Waals surface area contributed by atoms with Crippen LogP contribution in [-0.4, -0.2) is 22.2 Å². The number of benzene rings is 1. The largest absolute Gasteiger partial charge is 0.479 e. The van der Waals surface area contributed by atoms with Crippen molar-refractivity contribution in [3.8, 4) is 5.75 Å². The van der Waals surface area contributed by atoms with Gasteiger partial charge in [-0.2, -0.15) is 4.98 Å². The minimum Gasteiger partial charge on any atom is -0.479 e. The first-order chi connectivity index (χ1) is 12.9. The molecule has 1 aliphatic carbocycles. The molecule has 1 heterocycles. The average Bonchev–Trinajstić information content (AvgIpc) is 2.94. The molecule has 0 bridgehead atoms. The minimum absolute atomic E-state index is 0.254. The van der Waals surface area contributed by atoms with Gasteiger partial charge in [0.05, 0.1) is 5.02 Å². The second kappa shape index (κ2) is 8.48. The maximum atomic E-state index is 12.9. The Morgan fingerprint density at radius 2 is 1.96 bits per heavy atom. The Labute approximate surface area is 168 Å². The quantitative estimate of drug-likeness (QED) is 0.713. The molecule has 1 aromatic carbocycles. The van der Waals surface area contributed by atoms with Crippen LogP contribution in [0.15, 0.2) is 22.7 Å². The van der Waals surface area contributed by atoms with Crippen molar-refractivity contribution >= 4 is 29.1 Å². The van der Waals surface area contributed by atoms with Crippen molar-refractivity contribution in [1.29, 1.82) is 0 Å². The van der Waals surface area contributed by atoms with Gasteiger partial charge >= 0.3 is 0 Å². The molecule has 1 fully saturated rings. The van der Waals surface area contributed by atoms with Crippen molar-refractivity contribution in [1.82, 2.24) is 15.5 Å². The summed E-state index contributed by atoms with van der Waals surface area (Å²) < 4.78 is 10.9. The summed E-state index contributed by atoms with van der Waals surface area (Å²) in [6.45, 7) is 3.42. The Morgan fingerprint density at radius 1 is 1.26 bits per heavy atom. The van der Waals surface area contributed by atoms with Crippen LogP contribution < -0.4 is 10.1 Å². The number of hydrogen-bond donors (Lipinski definition) is 1. The summed E-state index contributed by atoms with van der Waals surface area (Å²) in [6.07, 6.45) is 5.00. The lowest BCUT2D eigenvalue weighted by molar-refractivity contribution is -0.129. The fourth-order valence-corrected chi connectivity index (χ4v) is 3.72. The van der Waals surface area contributed by atoms with E-state index in [0.717, 1.165) is 38.5 Å². The predicted molar refractivity (Wildman–Crippen MR) is 103 cm³/mol. The highest BCUT2D eigenvalue weighted by molar-refractivity contribution is 6.42. The van der Waals surface area contributed by atoms with Crippen LogP contribution in [0.5, 0.6) is 5.75 Å². The van der Waals surface area contributed by atoms with E-state index in [1.165, 1.54) is 0 Å². The molecule has 0 aliphatic heterocycles. The first-order valence-electron chi connectivity index (χ1n) is 9.15. The van der Waals surface area contributed by atoms with Crippen molar-refractivity contribution in [2.24, 2.45) is 0 Å². The maximum absolute atomic E-state index is 12.9. The highest BCUT2D eigenvalue weighted by atomic mass is 35.5. The van der Waals surface area contributed by atoms with E-state index in [0.29, 0.717) is 22.5 Å². The van der Waals surface area contributed by atoms with Gasteiger partial charge in [0.25, 0.3) is 5.91 Å². The van der Waals surface area contributed by atoms with Crippen LogP contribution in [0.1, 0.15) is 57.2 Å².